The predicted molar refractivity (Wildman–Crippen MR) is 77.4 cm³/mol. The number of hydrogen-bond donors (Lipinski definition) is 0. The molecule has 0 N–H and O–H groups in total. The number of alkyl halides is 3. The lowest BCUT2D eigenvalue weighted by Gasteiger charge is -2.07. The minimum Gasteiger partial charge on any atom is -0.299 e. The van der Waals surface area contributed by atoms with Gasteiger partial charge in [-0.15, -0.1) is 11.3 Å². The summed E-state index contributed by atoms with van der Waals surface area (Å²) in [6, 6.07) is 8.80. The van der Waals surface area contributed by atoms with E-state index in [0.29, 0.717) is 12.0 Å². The highest BCUT2D eigenvalue weighted by Crippen LogP contribution is 2.29. The molecule has 0 saturated heterocycles. The van der Waals surface area contributed by atoms with E-state index in [1.54, 1.807) is 11.3 Å². The van der Waals surface area contributed by atoms with E-state index < -0.39 is 11.7 Å². The smallest absolute Gasteiger partial charge is 0.299 e. The fraction of sp³-hybridized carbons (Fsp3) is 0.312. The average Bonchev–Trinajstić information content (AvgIpc) is 2.91. The largest absolute Gasteiger partial charge is 0.416 e. The summed E-state index contributed by atoms with van der Waals surface area (Å²) in [5.74, 6) is 0.0614. The Morgan fingerprint density at radius 1 is 1.10 bits per heavy atom. The first-order valence-corrected chi connectivity index (χ1v) is 7.53. The van der Waals surface area contributed by atoms with Crippen LogP contribution >= 0.6 is 11.3 Å². The lowest BCUT2D eigenvalue weighted by Crippen LogP contribution is -2.06. The molecule has 0 unspecified atom stereocenters. The summed E-state index contributed by atoms with van der Waals surface area (Å²) in [6.45, 7) is 0. The zero-order valence-electron chi connectivity index (χ0n) is 11.3. The van der Waals surface area contributed by atoms with Crippen LogP contribution < -0.4 is 0 Å². The molecule has 0 aliphatic rings. The molecule has 2 rings (SSSR count). The van der Waals surface area contributed by atoms with Crippen molar-refractivity contribution in [3.05, 3.63) is 57.8 Å². The predicted octanol–water partition coefficient (Wildman–Crippen LogP) is 4.90. The zero-order valence-corrected chi connectivity index (χ0v) is 12.1. The van der Waals surface area contributed by atoms with Crippen molar-refractivity contribution >= 4 is 17.1 Å². The standard InChI is InChI=1S/C16H15F3OS/c17-16(18,19)13-8-6-12(7-9-13)11-14(20)3-1-4-15-5-2-10-21-15/h2,5-10H,1,3-4,11H2. The zero-order chi connectivity index (χ0) is 15.3. The molecule has 0 saturated carbocycles. The van der Waals surface area contributed by atoms with Gasteiger partial charge in [-0.05, 0) is 42.0 Å². The Hall–Kier alpha value is -1.62. The number of Topliss-reactive ketones (excluding diaryl/α,β-unsaturated/α-hetero) is 1. The van der Waals surface area contributed by atoms with Gasteiger partial charge in [-0.3, -0.25) is 4.79 Å². The van der Waals surface area contributed by atoms with Gasteiger partial charge in [0.1, 0.15) is 5.78 Å². The van der Waals surface area contributed by atoms with Crippen molar-refractivity contribution in [1.82, 2.24) is 0 Å². The van der Waals surface area contributed by atoms with E-state index in [4.69, 9.17) is 0 Å². The van der Waals surface area contributed by atoms with Crippen LogP contribution in [0.3, 0.4) is 0 Å². The van der Waals surface area contributed by atoms with Gasteiger partial charge in [0.2, 0.25) is 0 Å². The number of halogens is 3. The monoisotopic (exact) mass is 312 g/mol. The summed E-state index contributed by atoms with van der Waals surface area (Å²) in [6.07, 6.45) is -2.03. The third-order valence-corrected chi connectivity index (χ3v) is 4.08. The van der Waals surface area contributed by atoms with Gasteiger partial charge in [-0.2, -0.15) is 13.2 Å². The van der Waals surface area contributed by atoms with Gasteiger partial charge in [0.25, 0.3) is 0 Å². The Labute approximate surface area is 125 Å². The fourth-order valence-corrected chi connectivity index (χ4v) is 2.79. The molecular formula is C16H15F3OS. The molecule has 0 aliphatic heterocycles. The highest BCUT2D eigenvalue weighted by atomic mass is 32.1. The van der Waals surface area contributed by atoms with Crippen LogP contribution in [0.15, 0.2) is 41.8 Å². The molecular weight excluding hydrogens is 297 g/mol. The molecule has 112 valence electrons. The van der Waals surface area contributed by atoms with Gasteiger partial charge in [0, 0.05) is 17.7 Å². The summed E-state index contributed by atoms with van der Waals surface area (Å²) in [4.78, 5) is 13.1. The molecule has 1 heterocycles. The third-order valence-electron chi connectivity index (χ3n) is 3.14. The van der Waals surface area contributed by atoms with E-state index >= 15 is 0 Å². The van der Waals surface area contributed by atoms with Crippen molar-refractivity contribution in [3.63, 3.8) is 0 Å². The molecule has 2 aromatic rings. The molecule has 21 heavy (non-hydrogen) atoms. The molecule has 0 amide bonds. The van der Waals surface area contributed by atoms with E-state index in [2.05, 4.69) is 0 Å². The van der Waals surface area contributed by atoms with Gasteiger partial charge in [0.05, 0.1) is 5.56 Å². The van der Waals surface area contributed by atoms with E-state index in [1.165, 1.54) is 17.0 Å². The number of carbonyl (C=O) groups excluding carboxylic acids is 1. The first-order valence-electron chi connectivity index (χ1n) is 6.65. The fourth-order valence-electron chi connectivity index (χ4n) is 2.04. The summed E-state index contributed by atoms with van der Waals surface area (Å²) in [5.41, 5.74) is -0.0551. The molecule has 0 radical (unpaired) electrons. The van der Waals surface area contributed by atoms with Gasteiger partial charge in [-0.1, -0.05) is 18.2 Å². The molecule has 1 nitrogen and oxygen atoms in total. The topological polar surface area (TPSA) is 17.1 Å². The first-order chi connectivity index (χ1) is 9.95. The van der Waals surface area contributed by atoms with Gasteiger partial charge in [0.15, 0.2) is 0 Å². The molecule has 0 fully saturated rings. The van der Waals surface area contributed by atoms with Crippen LogP contribution in [0.2, 0.25) is 0 Å². The van der Waals surface area contributed by atoms with Crippen LogP contribution in [0.25, 0.3) is 0 Å². The SMILES string of the molecule is O=C(CCCc1cccs1)Cc1ccc(C(F)(F)F)cc1. The maximum absolute atomic E-state index is 12.4. The van der Waals surface area contributed by atoms with Gasteiger partial charge in [-0.25, -0.2) is 0 Å². The second kappa shape index (κ2) is 6.89. The Kier molecular flexibility index (Phi) is 5.17. The Balaban J connectivity index is 1.79. The highest BCUT2D eigenvalue weighted by molar-refractivity contribution is 7.09. The second-order valence-electron chi connectivity index (χ2n) is 4.84. The summed E-state index contributed by atoms with van der Waals surface area (Å²) >= 11 is 1.66. The Morgan fingerprint density at radius 3 is 2.38 bits per heavy atom. The minimum atomic E-state index is -4.33. The molecule has 1 aromatic carbocycles. The quantitative estimate of drug-likeness (QED) is 0.741. The lowest BCUT2D eigenvalue weighted by atomic mass is 10.0. The number of thiophene rings is 1. The Morgan fingerprint density at radius 2 is 1.81 bits per heavy atom. The maximum Gasteiger partial charge on any atom is 0.416 e. The highest BCUT2D eigenvalue weighted by Gasteiger charge is 2.29. The number of aryl methyl sites for hydroxylation is 1. The van der Waals surface area contributed by atoms with Crippen molar-refractivity contribution in [3.8, 4) is 0 Å². The number of rotatable bonds is 6. The molecule has 1 aromatic heterocycles. The number of benzene rings is 1. The normalized spacial score (nSPS) is 11.6. The summed E-state index contributed by atoms with van der Waals surface area (Å²) in [5, 5.41) is 2.00. The van der Waals surface area contributed by atoms with E-state index in [0.717, 1.165) is 25.0 Å². The van der Waals surface area contributed by atoms with Crippen LogP contribution in [0.1, 0.15) is 28.8 Å². The molecule has 0 bridgehead atoms. The van der Waals surface area contributed by atoms with Crippen molar-refractivity contribution < 1.29 is 18.0 Å². The summed E-state index contributed by atoms with van der Waals surface area (Å²) in [7, 11) is 0. The molecule has 0 aliphatic carbocycles. The van der Waals surface area contributed by atoms with Gasteiger partial charge < -0.3 is 0 Å². The lowest BCUT2D eigenvalue weighted by molar-refractivity contribution is -0.137. The summed E-state index contributed by atoms with van der Waals surface area (Å²) < 4.78 is 37.3. The van der Waals surface area contributed by atoms with E-state index in [1.807, 2.05) is 17.5 Å². The van der Waals surface area contributed by atoms with Crippen LogP contribution in [0.4, 0.5) is 13.2 Å². The average molecular weight is 312 g/mol. The number of hydrogen-bond acceptors (Lipinski definition) is 2. The van der Waals surface area contributed by atoms with E-state index in [9.17, 15) is 18.0 Å². The first kappa shape index (κ1) is 15.8. The van der Waals surface area contributed by atoms with Crippen molar-refractivity contribution in [2.45, 2.75) is 31.9 Å². The van der Waals surface area contributed by atoms with Gasteiger partial charge >= 0.3 is 6.18 Å². The number of carbonyl (C=O) groups is 1. The maximum atomic E-state index is 12.4. The minimum absolute atomic E-state index is 0.0614. The molecule has 5 heteroatoms. The van der Waals surface area contributed by atoms with E-state index in [-0.39, 0.29) is 12.2 Å². The van der Waals surface area contributed by atoms with Crippen LogP contribution in [0.5, 0.6) is 0 Å². The molecule has 0 atom stereocenters. The van der Waals surface area contributed by atoms with Crippen molar-refractivity contribution in [1.29, 1.82) is 0 Å². The third kappa shape index (κ3) is 5.01. The second-order valence-corrected chi connectivity index (χ2v) is 5.88. The van der Waals surface area contributed by atoms with Crippen LogP contribution in [-0.4, -0.2) is 5.78 Å². The Bertz CT molecular complexity index is 571. The van der Waals surface area contributed by atoms with Crippen LogP contribution in [0, 0.1) is 0 Å². The molecule has 0 spiro atoms. The van der Waals surface area contributed by atoms with Crippen molar-refractivity contribution in [2.75, 3.05) is 0 Å². The van der Waals surface area contributed by atoms with Crippen LogP contribution in [-0.2, 0) is 23.8 Å². The number of ketones is 1. The van der Waals surface area contributed by atoms with Crippen molar-refractivity contribution in [2.24, 2.45) is 0 Å².